The molecule has 0 radical (unpaired) electrons. The van der Waals surface area contributed by atoms with E-state index in [0.717, 1.165) is 57.8 Å². The van der Waals surface area contributed by atoms with Gasteiger partial charge in [0, 0.05) is 32.7 Å². The second-order valence-electron chi connectivity index (χ2n) is 9.56. The maximum atomic E-state index is 12.5. The second kappa shape index (κ2) is 12.7. The lowest BCUT2D eigenvalue weighted by atomic mass is 9.78. The molecule has 0 aromatic rings. The lowest BCUT2D eigenvalue weighted by Crippen LogP contribution is -2.47. The van der Waals surface area contributed by atoms with Crippen LogP contribution in [0.3, 0.4) is 0 Å². The Balaban J connectivity index is 0.00000450. The van der Waals surface area contributed by atoms with Crippen LogP contribution in [-0.2, 0) is 4.74 Å². The van der Waals surface area contributed by atoms with Gasteiger partial charge in [-0.1, -0.05) is 20.8 Å². The van der Waals surface area contributed by atoms with Crippen LogP contribution in [0.5, 0.6) is 0 Å². The fourth-order valence-corrected chi connectivity index (χ4v) is 4.54. The van der Waals surface area contributed by atoms with E-state index in [4.69, 9.17) is 4.74 Å². The van der Waals surface area contributed by atoms with E-state index >= 15 is 0 Å². The van der Waals surface area contributed by atoms with Crippen LogP contribution >= 0.6 is 24.0 Å². The van der Waals surface area contributed by atoms with Crippen molar-refractivity contribution in [3.8, 4) is 0 Å². The van der Waals surface area contributed by atoms with Gasteiger partial charge in [-0.15, -0.1) is 24.0 Å². The molecule has 30 heavy (non-hydrogen) atoms. The van der Waals surface area contributed by atoms with E-state index in [-0.39, 0.29) is 35.5 Å². The van der Waals surface area contributed by atoms with E-state index in [0.29, 0.717) is 24.9 Å². The minimum absolute atomic E-state index is 0. The lowest BCUT2D eigenvalue weighted by Gasteiger charge is -2.40. The number of hydrogen-bond acceptors (Lipinski definition) is 3. The van der Waals surface area contributed by atoms with Crippen LogP contribution in [0.2, 0.25) is 0 Å². The average molecular weight is 548 g/mol. The third kappa shape index (κ3) is 9.89. The first-order chi connectivity index (χ1) is 13.6. The molecule has 0 saturated carbocycles. The number of piperidine rings is 1. The first-order valence-electron chi connectivity index (χ1n) is 10.9. The maximum absolute atomic E-state index is 12.5. The molecular weight excluding hydrogens is 508 g/mol. The summed E-state index contributed by atoms with van der Waals surface area (Å²) in [5.41, 5.74) is 0.116. The van der Waals surface area contributed by atoms with Crippen LogP contribution in [-0.4, -0.2) is 69.5 Å². The number of rotatable bonds is 6. The SMILES string of the molecule is CN=C(NCCC1CCN(CC(F)(F)F)CC1)NCC1CCCOC1C(C)(C)C.I. The van der Waals surface area contributed by atoms with E-state index in [1.165, 1.54) is 4.90 Å². The molecule has 0 aromatic carbocycles. The Kier molecular flexibility index (Phi) is 11.7. The highest BCUT2D eigenvalue weighted by atomic mass is 127. The normalized spacial score (nSPS) is 25.0. The summed E-state index contributed by atoms with van der Waals surface area (Å²) in [6, 6.07) is 0. The number of halogens is 4. The van der Waals surface area contributed by atoms with Gasteiger partial charge in [0.15, 0.2) is 5.96 Å². The smallest absolute Gasteiger partial charge is 0.377 e. The molecule has 2 unspecified atom stereocenters. The molecule has 2 fully saturated rings. The number of alkyl halides is 3. The van der Waals surface area contributed by atoms with Gasteiger partial charge in [-0.05, 0) is 56.5 Å². The molecule has 0 bridgehead atoms. The summed E-state index contributed by atoms with van der Waals surface area (Å²) in [6.45, 7) is 9.42. The van der Waals surface area contributed by atoms with Crippen molar-refractivity contribution in [2.24, 2.45) is 22.2 Å². The van der Waals surface area contributed by atoms with Gasteiger partial charge in [0.05, 0.1) is 12.6 Å². The summed E-state index contributed by atoms with van der Waals surface area (Å²) >= 11 is 0. The lowest BCUT2D eigenvalue weighted by molar-refractivity contribution is -0.148. The Bertz CT molecular complexity index is 517. The molecule has 0 spiro atoms. The Morgan fingerprint density at radius 3 is 2.33 bits per heavy atom. The van der Waals surface area contributed by atoms with Crippen molar-refractivity contribution in [3.05, 3.63) is 0 Å². The number of hydrogen-bond donors (Lipinski definition) is 2. The van der Waals surface area contributed by atoms with Gasteiger partial charge in [-0.25, -0.2) is 0 Å². The molecule has 9 heteroatoms. The fraction of sp³-hybridized carbons (Fsp3) is 0.952. The van der Waals surface area contributed by atoms with Gasteiger partial charge >= 0.3 is 6.18 Å². The zero-order valence-corrected chi connectivity index (χ0v) is 21.2. The van der Waals surface area contributed by atoms with E-state index in [9.17, 15) is 13.2 Å². The van der Waals surface area contributed by atoms with Crippen molar-refractivity contribution in [1.29, 1.82) is 0 Å². The molecule has 2 rings (SSSR count). The number of likely N-dealkylation sites (tertiary alicyclic amines) is 1. The zero-order chi connectivity index (χ0) is 21.5. The Labute approximate surface area is 197 Å². The van der Waals surface area contributed by atoms with Crippen molar-refractivity contribution < 1.29 is 17.9 Å². The second-order valence-corrected chi connectivity index (χ2v) is 9.56. The zero-order valence-electron chi connectivity index (χ0n) is 18.9. The summed E-state index contributed by atoms with van der Waals surface area (Å²) < 4.78 is 43.5. The van der Waals surface area contributed by atoms with Crippen LogP contribution < -0.4 is 10.6 Å². The van der Waals surface area contributed by atoms with Crippen molar-refractivity contribution in [2.75, 3.05) is 46.4 Å². The average Bonchev–Trinajstić information content (AvgIpc) is 2.64. The number of nitrogens with one attached hydrogen (secondary N) is 2. The minimum Gasteiger partial charge on any atom is -0.377 e. The predicted octanol–water partition coefficient (Wildman–Crippen LogP) is 4.28. The summed E-state index contributed by atoms with van der Waals surface area (Å²) in [5.74, 6) is 1.72. The first-order valence-corrected chi connectivity index (χ1v) is 10.9. The van der Waals surface area contributed by atoms with Crippen molar-refractivity contribution >= 4 is 29.9 Å². The molecule has 2 atom stereocenters. The van der Waals surface area contributed by atoms with Crippen LogP contribution in [0.4, 0.5) is 13.2 Å². The molecule has 2 heterocycles. The molecule has 2 N–H and O–H groups in total. The Morgan fingerprint density at radius 1 is 1.10 bits per heavy atom. The van der Waals surface area contributed by atoms with E-state index in [1.54, 1.807) is 7.05 Å². The number of aliphatic imine (C=N–C) groups is 1. The summed E-state index contributed by atoms with van der Waals surface area (Å²) in [7, 11) is 1.77. The van der Waals surface area contributed by atoms with Crippen LogP contribution in [0.1, 0.15) is 52.9 Å². The fourth-order valence-electron chi connectivity index (χ4n) is 4.54. The van der Waals surface area contributed by atoms with Crippen molar-refractivity contribution in [1.82, 2.24) is 15.5 Å². The largest absolute Gasteiger partial charge is 0.401 e. The van der Waals surface area contributed by atoms with Gasteiger partial charge in [0.1, 0.15) is 0 Å². The Morgan fingerprint density at radius 2 is 1.77 bits per heavy atom. The topological polar surface area (TPSA) is 48.9 Å². The summed E-state index contributed by atoms with van der Waals surface area (Å²) in [4.78, 5) is 5.83. The van der Waals surface area contributed by atoms with Crippen LogP contribution in [0.15, 0.2) is 4.99 Å². The summed E-state index contributed by atoms with van der Waals surface area (Å²) in [6.07, 6.45) is 1.01. The molecule has 2 aliphatic heterocycles. The van der Waals surface area contributed by atoms with E-state index in [1.807, 2.05) is 0 Å². The van der Waals surface area contributed by atoms with Crippen LogP contribution in [0.25, 0.3) is 0 Å². The Hall–Kier alpha value is -0.290. The molecule has 178 valence electrons. The monoisotopic (exact) mass is 548 g/mol. The highest BCUT2D eigenvalue weighted by Crippen LogP contribution is 2.33. The van der Waals surface area contributed by atoms with E-state index < -0.39 is 12.7 Å². The van der Waals surface area contributed by atoms with E-state index in [2.05, 4.69) is 36.4 Å². The molecular formula is C21H40F3IN4O. The first kappa shape index (κ1) is 27.7. The van der Waals surface area contributed by atoms with Gasteiger partial charge in [-0.3, -0.25) is 9.89 Å². The number of guanidine groups is 1. The maximum Gasteiger partial charge on any atom is 0.401 e. The van der Waals surface area contributed by atoms with Gasteiger partial charge < -0.3 is 15.4 Å². The van der Waals surface area contributed by atoms with Gasteiger partial charge in [0.25, 0.3) is 0 Å². The number of ether oxygens (including phenoxy) is 1. The number of nitrogens with zero attached hydrogens (tertiary/aromatic N) is 2. The highest BCUT2D eigenvalue weighted by Gasteiger charge is 2.35. The highest BCUT2D eigenvalue weighted by molar-refractivity contribution is 14.0. The summed E-state index contributed by atoms with van der Waals surface area (Å²) in [5, 5.41) is 6.80. The third-order valence-corrected chi connectivity index (χ3v) is 6.01. The van der Waals surface area contributed by atoms with Gasteiger partial charge in [-0.2, -0.15) is 13.2 Å². The van der Waals surface area contributed by atoms with Crippen LogP contribution in [0, 0.1) is 17.3 Å². The third-order valence-electron chi connectivity index (χ3n) is 6.01. The predicted molar refractivity (Wildman–Crippen MR) is 127 cm³/mol. The molecule has 0 aliphatic carbocycles. The minimum atomic E-state index is -4.10. The quantitative estimate of drug-likeness (QED) is 0.296. The van der Waals surface area contributed by atoms with Crippen molar-refractivity contribution in [3.63, 3.8) is 0 Å². The standard InChI is InChI=1S/C21H39F3N4O.HI/c1-20(2,3)18-17(6-5-13-29-18)14-27-19(25-4)26-10-7-16-8-11-28(12-9-16)15-21(22,23)24;/h16-18H,5-15H2,1-4H3,(H2,25,26,27);1H. The molecule has 2 saturated heterocycles. The van der Waals surface area contributed by atoms with Gasteiger partial charge in [0.2, 0.25) is 0 Å². The molecule has 5 nitrogen and oxygen atoms in total. The molecule has 0 amide bonds. The molecule has 2 aliphatic rings. The van der Waals surface area contributed by atoms with Crippen molar-refractivity contribution in [2.45, 2.75) is 65.2 Å². The molecule has 0 aromatic heterocycles.